The Morgan fingerprint density at radius 1 is 1.25 bits per heavy atom. The minimum absolute atomic E-state index is 0.0786. The number of aliphatic hydroxyl groups is 1. The molecule has 0 radical (unpaired) electrons. The maximum atomic E-state index is 13.8. The topological polar surface area (TPSA) is 82.2 Å². The number of hydrogen-bond donors (Lipinski definition) is 1. The summed E-state index contributed by atoms with van der Waals surface area (Å²) in [6.45, 7) is 1.06. The first-order valence-corrected chi connectivity index (χ1v) is 11.0. The summed E-state index contributed by atoms with van der Waals surface area (Å²) in [5.74, 6) is -0.233. The summed E-state index contributed by atoms with van der Waals surface area (Å²) in [7, 11) is 0. The van der Waals surface area contributed by atoms with Gasteiger partial charge in [-0.2, -0.15) is 10.4 Å². The molecule has 1 N–H and O–H groups in total. The Morgan fingerprint density at radius 2 is 2.06 bits per heavy atom. The van der Waals surface area contributed by atoms with Gasteiger partial charge in [0.2, 0.25) is 5.91 Å². The molecule has 1 saturated heterocycles. The highest BCUT2D eigenvalue weighted by molar-refractivity contribution is 5.87. The van der Waals surface area contributed by atoms with E-state index in [2.05, 4.69) is 11.2 Å². The minimum atomic E-state index is -0.581. The van der Waals surface area contributed by atoms with Crippen molar-refractivity contribution >= 4 is 16.8 Å². The zero-order valence-corrected chi connectivity index (χ0v) is 17.5. The molecule has 1 amide bonds. The minimum Gasteiger partial charge on any atom is -0.391 e. The SMILES string of the molecule is N#Cc1ccc2c(cnn2CC23CC(C(=O)N4C[C@H](O)C[C@H]4c4cccc(F)c4)(C2)C3)c1. The van der Waals surface area contributed by atoms with Gasteiger partial charge in [0.05, 0.1) is 40.9 Å². The van der Waals surface area contributed by atoms with Crippen molar-refractivity contribution in [2.75, 3.05) is 6.54 Å². The first-order valence-electron chi connectivity index (χ1n) is 11.0. The lowest BCUT2D eigenvalue weighted by Crippen LogP contribution is -2.69. The zero-order valence-electron chi connectivity index (χ0n) is 17.5. The number of carbonyl (C=O) groups excluding carboxylic acids is 1. The van der Waals surface area contributed by atoms with Crippen LogP contribution in [0, 0.1) is 28.0 Å². The number of carbonyl (C=O) groups is 1. The van der Waals surface area contributed by atoms with E-state index >= 15 is 0 Å². The quantitative estimate of drug-likeness (QED) is 0.686. The van der Waals surface area contributed by atoms with Crippen molar-refractivity contribution < 1.29 is 14.3 Å². The normalized spacial score (nSPS) is 30.6. The van der Waals surface area contributed by atoms with Crippen LogP contribution in [0.4, 0.5) is 4.39 Å². The molecule has 6 nitrogen and oxygen atoms in total. The maximum Gasteiger partial charge on any atom is 0.229 e. The predicted molar refractivity (Wildman–Crippen MR) is 115 cm³/mol. The van der Waals surface area contributed by atoms with Crippen LogP contribution in [-0.4, -0.2) is 38.3 Å². The molecule has 7 heteroatoms. The van der Waals surface area contributed by atoms with E-state index in [0.717, 1.165) is 42.3 Å². The first-order chi connectivity index (χ1) is 15.4. The lowest BCUT2D eigenvalue weighted by Gasteiger charge is -2.70. The average Bonchev–Trinajstić information content (AvgIpc) is 3.32. The molecule has 2 aromatic carbocycles. The smallest absolute Gasteiger partial charge is 0.229 e. The van der Waals surface area contributed by atoms with Gasteiger partial charge in [-0.3, -0.25) is 9.48 Å². The molecule has 1 aromatic heterocycles. The average molecular weight is 430 g/mol. The highest BCUT2D eigenvalue weighted by Crippen LogP contribution is 2.74. The van der Waals surface area contributed by atoms with Gasteiger partial charge >= 0.3 is 0 Å². The molecule has 3 saturated carbocycles. The summed E-state index contributed by atoms with van der Waals surface area (Å²) in [6.07, 6.45) is 4.11. The number of nitriles is 1. The van der Waals surface area contributed by atoms with Crippen LogP contribution in [0.25, 0.3) is 10.9 Å². The van der Waals surface area contributed by atoms with E-state index in [1.165, 1.54) is 12.1 Å². The van der Waals surface area contributed by atoms with E-state index in [4.69, 9.17) is 5.26 Å². The van der Waals surface area contributed by atoms with Gasteiger partial charge in [0, 0.05) is 18.5 Å². The van der Waals surface area contributed by atoms with Crippen LogP contribution >= 0.6 is 0 Å². The molecule has 4 aliphatic rings. The summed E-state index contributed by atoms with van der Waals surface area (Å²) in [4.78, 5) is 15.3. The van der Waals surface area contributed by atoms with Gasteiger partial charge in [0.25, 0.3) is 0 Å². The number of nitrogens with zero attached hydrogens (tertiary/aromatic N) is 4. The molecule has 2 heterocycles. The molecule has 0 unspecified atom stereocenters. The Balaban J connectivity index is 1.18. The van der Waals surface area contributed by atoms with E-state index in [9.17, 15) is 14.3 Å². The molecule has 2 bridgehead atoms. The summed E-state index contributed by atoms with van der Waals surface area (Å²) < 4.78 is 15.7. The zero-order chi connectivity index (χ0) is 22.1. The lowest BCUT2D eigenvalue weighted by molar-refractivity contribution is -0.222. The number of benzene rings is 2. The molecule has 32 heavy (non-hydrogen) atoms. The fraction of sp³-hybridized carbons (Fsp3) is 0.400. The van der Waals surface area contributed by atoms with Crippen LogP contribution in [0.1, 0.15) is 42.9 Å². The van der Waals surface area contributed by atoms with Crippen LogP contribution in [-0.2, 0) is 11.3 Å². The molecule has 1 aliphatic heterocycles. The van der Waals surface area contributed by atoms with Gasteiger partial charge < -0.3 is 10.0 Å². The fourth-order valence-corrected chi connectivity index (χ4v) is 6.37. The third-order valence-corrected chi connectivity index (χ3v) is 7.62. The Bertz CT molecular complexity index is 1270. The third-order valence-electron chi connectivity index (χ3n) is 7.62. The summed E-state index contributed by atoms with van der Waals surface area (Å²) in [5, 5.41) is 24.8. The Labute approximate surface area is 184 Å². The van der Waals surface area contributed by atoms with Gasteiger partial charge in [-0.1, -0.05) is 12.1 Å². The second-order valence-electron chi connectivity index (χ2n) is 9.92. The van der Waals surface area contributed by atoms with Gasteiger partial charge in [-0.15, -0.1) is 0 Å². The number of likely N-dealkylation sites (tertiary alicyclic amines) is 1. The van der Waals surface area contributed by atoms with Crippen molar-refractivity contribution in [1.82, 2.24) is 14.7 Å². The van der Waals surface area contributed by atoms with Crippen LogP contribution in [0.3, 0.4) is 0 Å². The number of fused-ring (bicyclic) bond motifs is 1. The second kappa shape index (κ2) is 6.63. The van der Waals surface area contributed by atoms with Crippen LogP contribution in [0.5, 0.6) is 0 Å². The standard InChI is InChI=1S/C25H23FN4O2/c26-19-3-1-2-17(7-19)22-8-20(31)11-29(22)23(32)25-12-24(13-25,14-25)15-30-21-5-4-16(9-27)6-18(21)10-28-30/h1-7,10,20,22,31H,8,11-15H2/t20-,22+,24?,25?/m1/s1. The molecule has 3 aromatic rings. The molecule has 162 valence electrons. The monoisotopic (exact) mass is 430 g/mol. The van der Waals surface area contributed by atoms with Crippen molar-refractivity contribution in [1.29, 1.82) is 5.26 Å². The van der Waals surface area contributed by atoms with Crippen molar-refractivity contribution in [2.24, 2.45) is 10.8 Å². The molecule has 0 spiro atoms. The van der Waals surface area contributed by atoms with Crippen molar-refractivity contribution in [3.8, 4) is 6.07 Å². The van der Waals surface area contributed by atoms with Crippen molar-refractivity contribution in [3.63, 3.8) is 0 Å². The van der Waals surface area contributed by atoms with E-state index in [-0.39, 0.29) is 28.6 Å². The van der Waals surface area contributed by atoms with Crippen LogP contribution in [0.2, 0.25) is 0 Å². The van der Waals surface area contributed by atoms with Gasteiger partial charge in [-0.25, -0.2) is 4.39 Å². The fourth-order valence-electron chi connectivity index (χ4n) is 6.37. The van der Waals surface area contributed by atoms with Crippen LogP contribution < -0.4 is 0 Å². The largest absolute Gasteiger partial charge is 0.391 e. The summed E-state index contributed by atoms with van der Waals surface area (Å²) in [5.41, 5.74) is 2.09. The molecular formula is C25H23FN4O2. The Hall–Kier alpha value is -3.24. The highest BCUT2D eigenvalue weighted by atomic mass is 19.1. The van der Waals surface area contributed by atoms with E-state index < -0.39 is 6.10 Å². The predicted octanol–water partition coefficient (Wildman–Crippen LogP) is 3.55. The van der Waals surface area contributed by atoms with Gasteiger partial charge in [0.1, 0.15) is 5.82 Å². The number of aromatic nitrogens is 2. The summed E-state index contributed by atoms with van der Waals surface area (Å²) in [6, 6.07) is 13.8. The molecule has 4 fully saturated rings. The number of hydrogen-bond acceptors (Lipinski definition) is 4. The lowest BCUT2D eigenvalue weighted by atomic mass is 9.34. The Kier molecular flexibility index (Phi) is 4.03. The van der Waals surface area contributed by atoms with Crippen molar-refractivity contribution in [3.05, 3.63) is 65.6 Å². The Morgan fingerprint density at radius 3 is 2.81 bits per heavy atom. The highest BCUT2D eigenvalue weighted by Gasteiger charge is 2.72. The van der Waals surface area contributed by atoms with Crippen molar-refractivity contribution in [2.45, 2.75) is 44.4 Å². The molecular weight excluding hydrogens is 407 g/mol. The molecule has 7 rings (SSSR count). The molecule has 2 atom stereocenters. The van der Waals surface area contributed by atoms with E-state index in [0.29, 0.717) is 18.5 Å². The maximum absolute atomic E-state index is 13.8. The van der Waals surface area contributed by atoms with E-state index in [1.54, 1.807) is 23.2 Å². The van der Waals surface area contributed by atoms with Gasteiger partial charge in [-0.05, 0) is 67.0 Å². The molecule has 3 aliphatic carbocycles. The number of aliphatic hydroxyl groups excluding tert-OH is 1. The first kappa shape index (κ1) is 19.4. The summed E-state index contributed by atoms with van der Waals surface area (Å²) >= 11 is 0. The van der Waals surface area contributed by atoms with Gasteiger partial charge in [0.15, 0.2) is 0 Å². The van der Waals surface area contributed by atoms with E-state index in [1.807, 2.05) is 22.9 Å². The number of halogens is 1. The second-order valence-corrected chi connectivity index (χ2v) is 9.92. The third kappa shape index (κ3) is 2.79. The number of amides is 1. The number of β-amino-alcohol motifs (C(OH)–C–C–N with tert-alkyl or cyclic N) is 1. The van der Waals surface area contributed by atoms with Crippen LogP contribution in [0.15, 0.2) is 48.7 Å². The number of rotatable bonds is 4.